The number of hydrogen-bond donors (Lipinski definition) is 2. The molecule has 0 unspecified atom stereocenters. The highest BCUT2D eigenvalue weighted by molar-refractivity contribution is 6.31. The van der Waals surface area contributed by atoms with Gasteiger partial charge in [-0.25, -0.2) is 0 Å². The summed E-state index contributed by atoms with van der Waals surface area (Å²) in [5.74, 6) is 1.28. The van der Waals surface area contributed by atoms with E-state index in [1.54, 1.807) is 19.2 Å². The summed E-state index contributed by atoms with van der Waals surface area (Å²) in [6, 6.07) is 13.4. The third-order valence-corrected chi connectivity index (χ3v) is 4.62. The van der Waals surface area contributed by atoms with Gasteiger partial charge in [-0.1, -0.05) is 23.7 Å². The number of hydrogen-bond acceptors (Lipinski definition) is 3. The molecule has 0 saturated heterocycles. The van der Waals surface area contributed by atoms with Crippen LogP contribution in [0, 0.1) is 6.92 Å². The molecule has 0 radical (unpaired) electrons. The van der Waals surface area contributed by atoms with Crippen molar-refractivity contribution in [2.24, 2.45) is 0 Å². The molecule has 0 aliphatic rings. The van der Waals surface area contributed by atoms with Crippen LogP contribution in [0.3, 0.4) is 0 Å². The summed E-state index contributed by atoms with van der Waals surface area (Å²) >= 11 is 5.99. The first-order valence-electron chi connectivity index (χ1n) is 8.50. The quantitative estimate of drug-likeness (QED) is 0.740. The maximum absolute atomic E-state index is 12.2. The number of methoxy groups -OCH3 is 1. The summed E-state index contributed by atoms with van der Waals surface area (Å²) in [4.78, 5) is 13.4. The molecule has 0 fully saturated rings. The van der Waals surface area contributed by atoms with Crippen LogP contribution in [0.25, 0.3) is 0 Å². The Bertz CT molecular complexity index is 750. The van der Waals surface area contributed by atoms with Gasteiger partial charge < -0.3 is 19.7 Å². The molecule has 0 aromatic heterocycles. The lowest BCUT2D eigenvalue weighted by molar-refractivity contribution is -0.890. The largest absolute Gasteiger partial charge is 0.497 e. The zero-order valence-corrected chi connectivity index (χ0v) is 16.4. The molecule has 1 atom stereocenters. The van der Waals surface area contributed by atoms with Gasteiger partial charge in [0.05, 0.1) is 27.7 Å². The highest BCUT2D eigenvalue weighted by atomic mass is 35.5. The second kappa shape index (κ2) is 9.46. The highest BCUT2D eigenvalue weighted by Gasteiger charge is 2.19. The van der Waals surface area contributed by atoms with Gasteiger partial charge in [0.2, 0.25) is 0 Å². The number of amides is 1. The van der Waals surface area contributed by atoms with Crippen LogP contribution in [0.5, 0.6) is 11.5 Å². The second-order valence-corrected chi connectivity index (χ2v) is 6.82. The summed E-state index contributed by atoms with van der Waals surface area (Å²) in [7, 11) is 5.76. The first kappa shape index (κ1) is 20.1. The van der Waals surface area contributed by atoms with Gasteiger partial charge in [0.25, 0.3) is 5.91 Å². The fourth-order valence-electron chi connectivity index (χ4n) is 2.64. The number of aryl methyl sites for hydroxylation is 1. The number of rotatable bonds is 8. The van der Waals surface area contributed by atoms with Gasteiger partial charge in [-0.3, -0.25) is 4.79 Å². The predicted octanol–water partition coefficient (Wildman–Crippen LogP) is 2.04. The van der Waals surface area contributed by atoms with Crippen LogP contribution in [0.1, 0.15) is 17.2 Å². The fourth-order valence-corrected chi connectivity index (χ4v) is 2.75. The van der Waals surface area contributed by atoms with Crippen LogP contribution in [-0.4, -0.2) is 40.3 Å². The number of halogens is 1. The lowest BCUT2D eigenvalue weighted by atomic mass is 10.1. The number of quaternary nitrogens is 1. The second-order valence-electron chi connectivity index (χ2n) is 6.41. The van der Waals surface area contributed by atoms with E-state index >= 15 is 0 Å². The first-order chi connectivity index (χ1) is 12.4. The molecule has 5 nitrogen and oxygen atoms in total. The van der Waals surface area contributed by atoms with Gasteiger partial charge >= 0.3 is 0 Å². The number of ether oxygens (including phenoxy) is 2. The summed E-state index contributed by atoms with van der Waals surface area (Å²) in [5, 5.41) is 3.62. The van der Waals surface area contributed by atoms with Gasteiger partial charge in [-0.15, -0.1) is 0 Å². The minimum Gasteiger partial charge on any atom is -0.497 e. The van der Waals surface area contributed by atoms with Crippen molar-refractivity contribution < 1.29 is 19.2 Å². The molecule has 2 rings (SSSR count). The first-order valence-corrected chi connectivity index (χ1v) is 8.88. The van der Waals surface area contributed by atoms with E-state index in [1.165, 1.54) is 4.90 Å². The van der Waals surface area contributed by atoms with E-state index in [9.17, 15) is 4.79 Å². The molecule has 2 aromatic carbocycles. The minimum absolute atomic E-state index is 0.0331. The van der Waals surface area contributed by atoms with Crippen molar-refractivity contribution >= 4 is 17.5 Å². The molecule has 0 aliphatic heterocycles. The fraction of sp³-hybridized carbons (Fsp3) is 0.350. The average Bonchev–Trinajstić information content (AvgIpc) is 2.62. The van der Waals surface area contributed by atoms with E-state index in [-0.39, 0.29) is 18.6 Å². The van der Waals surface area contributed by atoms with E-state index in [2.05, 4.69) is 19.4 Å². The monoisotopic (exact) mass is 377 g/mol. The van der Waals surface area contributed by atoms with Crippen LogP contribution >= 0.6 is 11.6 Å². The third-order valence-electron chi connectivity index (χ3n) is 4.20. The van der Waals surface area contributed by atoms with Crippen LogP contribution in [-0.2, 0) is 4.79 Å². The van der Waals surface area contributed by atoms with Crippen LogP contribution in [0.2, 0.25) is 5.02 Å². The van der Waals surface area contributed by atoms with E-state index in [0.717, 1.165) is 16.9 Å². The lowest BCUT2D eigenvalue weighted by Crippen LogP contribution is -3.07. The summed E-state index contributed by atoms with van der Waals surface area (Å²) in [5.41, 5.74) is 2.03. The van der Waals surface area contributed by atoms with E-state index in [1.807, 2.05) is 37.3 Å². The van der Waals surface area contributed by atoms with Crippen molar-refractivity contribution in [3.63, 3.8) is 0 Å². The van der Waals surface area contributed by atoms with Crippen LogP contribution in [0.15, 0.2) is 42.5 Å². The lowest BCUT2D eigenvalue weighted by Gasteiger charge is -2.22. The number of carbonyl (C=O) groups is 1. The summed E-state index contributed by atoms with van der Waals surface area (Å²) in [6.45, 7) is 2.37. The van der Waals surface area contributed by atoms with E-state index in [0.29, 0.717) is 17.3 Å². The Hall–Kier alpha value is -2.24. The van der Waals surface area contributed by atoms with Crippen molar-refractivity contribution in [3.05, 3.63) is 58.6 Å². The van der Waals surface area contributed by atoms with Gasteiger partial charge in [-0.05, 0) is 42.8 Å². The zero-order valence-electron chi connectivity index (χ0n) is 15.6. The Labute approximate surface area is 159 Å². The number of nitrogens with one attached hydrogen (secondary N) is 2. The number of benzene rings is 2. The molecule has 6 heteroatoms. The molecule has 0 saturated carbocycles. The molecule has 26 heavy (non-hydrogen) atoms. The Morgan fingerprint density at radius 1 is 1.19 bits per heavy atom. The summed E-state index contributed by atoms with van der Waals surface area (Å²) < 4.78 is 10.8. The van der Waals surface area contributed by atoms with Crippen molar-refractivity contribution in [1.82, 2.24) is 5.32 Å². The van der Waals surface area contributed by atoms with Crippen molar-refractivity contribution in [2.75, 3.05) is 34.4 Å². The molecule has 0 heterocycles. The van der Waals surface area contributed by atoms with Crippen molar-refractivity contribution in [1.29, 1.82) is 0 Å². The third kappa shape index (κ3) is 5.64. The molecule has 0 bridgehead atoms. The minimum atomic E-state index is -0.160. The number of carbonyl (C=O) groups excluding carboxylic acids is 1. The maximum Gasteiger partial charge on any atom is 0.258 e. The molecule has 0 aliphatic carbocycles. The van der Waals surface area contributed by atoms with Crippen molar-refractivity contribution in [3.8, 4) is 11.5 Å². The molecule has 2 aromatic rings. The normalized spacial score (nSPS) is 11.9. The van der Waals surface area contributed by atoms with Gasteiger partial charge in [0.15, 0.2) is 6.61 Å². The highest BCUT2D eigenvalue weighted by Crippen LogP contribution is 2.21. The van der Waals surface area contributed by atoms with E-state index in [4.69, 9.17) is 21.1 Å². The Morgan fingerprint density at radius 3 is 2.62 bits per heavy atom. The van der Waals surface area contributed by atoms with E-state index < -0.39 is 0 Å². The van der Waals surface area contributed by atoms with Crippen LogP contribution < -0.4 is 19.7 Å². The van der Waals surface area contributed by atoms with Crippen LogP contribution in [0.4, 0.5) is 0 Å². The standard InChI is InChI=1S/C20H25ClN2O3/c1-14-10-17(8-9-18(14)21)26-13-20(24)22-12-19(23(2)3)15-6-5-7-16(11-15)25-4/h5-11,19H,12-13H2,1-4H3,(H,22,24)/p+1/t19-/m0/s1. The molecular weight excluding hydrogens is 352 g/mol. The predicted molar refractivity (Wildman–Crippen MR) is 103 cm³/mol. The van der Waals surface area contributed by atoms with Crippen molar-refractivity contribution in [2.45, 2.75) is 13.0 Å². The maximum atomic E-state index is 12.2. The number of likely N-dealkylation sites (N-methyl/N-ethyl adjacent to an activating group) is 1. The smallest absolute Gasteiger partial charge is 0.258 e. The Balaban J connectivity index is 1.91. The average molecular weight is 378 g/mol. The van der Waals surface area contributed by atoms with Gasteiger partial charge in [0.1, 0.15) is 17.5 Å². The molecule has 140 valence electrons. The summed E-state index contributed by atoms with van der Waals surface area (Å²) in [6.07, 6.45) is 0. The molecule has 1 amide bonds. The molecule has 2 N–H and O–H groups in total. The van der Waals surface area contributed by atoms with Gasteiger partial charge in [-0.2, -0.15) is 0 Å². The Kier molecular flexibility index (Phi) is 7.30. The Morgan fingerprint density at radius 2 is 1.96 bits per heavy atom. The van der Waals surface area contributed by atoms with Gasteiger partial charge in [0, 0.05) is 10.6 Å². The SMILES string of the molecule is COc1cccc([C@H](CNC(=O)COc2ccc(Cl)c(C)c2)[NH+](C)C)c1. The molecule has 0 spiro atoms. The topological polar surface area (TPSA) is 52.0 Å². The molecular formula is C20H26ClN2O3+. The zero-order chi connectivity index (χ0) is 19.1.